The lowest BCUT2D eigenvalue weighted by Gasteiger charge is -2.15. The lowest BCUT2D eigenvalue weighted by Crippen LogP contribution is -2.40. The normalized spacial score (nSPS) is 10.9. The second-order valence-electron chi connectivity index (χ2n) is 8.63. The number of nitrogens with zero attached hydrogens (tertiary/aromatic N) is 2. The van der Waals surface area contributed by atoms with E-state index in [1.54, 1.807) is 61.7 Å². The molecule has 0 unspecified atom stereocenters. The second kappa shape index (κ2) is 11.5. The fourth-order valence-electron chi connectivity index (χ4n) is 4.07. The minimum Gasteiger partial charge on any atom is -0.383 e. The number of carbonyl (C=O) groups excluding carboxylic acids is 2. The lowest BCUT2D eigenvalue weighted by molar-refractivity contribution is -0.120. The van der Waals surface area contributed by atoms with E-state index in [1.807, 2.05) is 25.1 Å². The highest BCUT2D eigenvalue weighted by Gasteiger charge is 2.17. The summed E-state index contributed by atoms with van der Waals surface area (Å²) in [5.74, 6) is -0.549. The smallest absolute Gasteiger partial charge is 0.336 e. The molecule has 2 amide bonds. The number of ether oxygens (including phenoxy) is 1. The molecule has 3 aromatic carbocycles. The third-order valence-corrected chi connectivity index (χ3v) is 5.84. The SMILES string of the molecule is COCCNC(=O)Cc1ccc(-n2c(=O)c3ccccc3n(CC(=O)Nc3cccc(C)c3)c2=O)cc1. The van der Waals surface area contributed by atoms with E-state index in [2.05, 4.69) is 10.6 Å². The number of anilines is 1. The zero-order chi connectivity index (χ0) is 26.4. The number of carbonyl (C=O) groups is 2. The number of rotatable bonds is 9. The number of benzene rings is 3. The van der Waals surface area contributed by atoms with Gasteiger partial charge in [0.05, 0.1) is 29.6 Å². The Morgan fingerprint density at radius 1 is 0.919 bits per heavy atom. The average molecular weight is 501 g/mol. The van der Waals surface area contributed by atoms with E-state index >= 15 is 0 Å². The van der Waals surface area contributed by atoms with Crippen molar-refractivity contribution >= 4 is 28.4 Å². The molecule has 4 aromatic rings. The Balaban J connectivity index is 1.66. The highest BCUT2D eigenvalue weighted by atomic mass is 16.5. The fraction of sp³-hybridized carbons (Fsp3) is 0.214. The van der Waals surface area contributed by atoms with Crippen molar-refractivity contribution in [3.8, 4) is 5.69 Å². The van der Waals surface area contributed by atoms with Gasteiger partial charge in [-0.1, -0.05) is 36.4 Å². The lowest BCUT2D eigenvalue weighted by atomic mass is 10.1. The molecule has 0 fully saturated rings. The van der Waals surface area contributed by atoms with Gasteiger partial charge < -0.3 is 15.4 Å². The van der Waals surface area contributed by atoms with Crippen LogP contribution in [0.1, 0.15) is 11.1 Å². The number of hydrogen-bond donors (Lipinski definition) is 2. The third kappa shape index (κ3) is 6.02. The molecule has 0 aliphatic rings. The van der Waals surface area contributed by atoms with Crippen LogP contribution >= 0.6 is 0 Å². The zero-order valence-corrected chi connectivity index (χ0v) is 20.7. The summed E-state index contributed by atoms with van der Waals surface area (Å²) >= 11 is 0. The molecule has 0 aliphatic carbocycles. The first-order valence-corrected chi connectivity index (χ1v) is 11.8. The molecular formula is C28H28N4O5. The van der Waals surface area contributed by atoms with Crippen molar-refractivity contribution in [2.75, 3.05) is 25.6 Å². The molecule has 0 saturated heterocycles. The van der Waals surface area contributed by atoms with Crippen LogP contribution in [0.4, 0.5) is 5.69 Å². The molecule has 1 aromatic heterocycles. The topological polar surface area (TPSA) is 111 Å². The molecule has 0 saturated carbocycles. The first-order chi connectivity index (χ1) is 17.9. The second-order valence-corrected chi connectivity index (χ2v) is 8.63. The molecule has 0 bridgehead atoms. The first kappa shape index (κ1) is 25.6. The molecule has 1 heterocycles. The van der Waals surface area contributed by atoms with Gasteiger partial charge in [-0.15, -0.1) is 0 Å². The van der Waals surface area contributed by atoms with E-state index < -0.39 is 17.2 Å². The van der Waals surface area contributed by atoms with E-state index in [4.69, 9.17) is 4.74 Å². The predicted octanol–water partition coefficient (Wildman–Crippen LogP) is 2.40. The molecule has 0 spiro atoms. The molecule has 9 nitrogen and oxygen atoms in total. The van der Waals surface area contributed by atoms with Gasteiger partial charge in [-0.25, -0.2) is 9.36 Å². The minimum absolute atomic E-state index is 0.153. The number of aryl methyl sites for hydroxylation is 1. The fourth-order valence-corrected chi connectivity index (χ4v) is 4.07. The molecule has 0 radical (unpaired) electrons. The van der Waals surface area contributed by atoms with Crippen LogP contribution in [0.25, 0.3) is 16.6 Å². The minimum atomic E-state index is -0.631. The number of amides is 2. The van der Waals surface area contributed by atoms with Crippen LogP contribution in [0.5, 0.6) is 0 Å². The van der Waals surface area contributed by atoms with Crippen LogP contribution in [-0.2, 0) is 27.3 Å². The van der Waals surface area contributed by atoms with E-state index in [1.165, 1.54) is 4.57 Å². The van der Waals surface area contributed by atoms with Gasteiger partial charge >= 0.3 is 5.69 Å². The maximum Gasteiger partial charge on any atom is 0.336 e. The number of para-hydroxylation sites is 1. The summed E-state index contributed by atoms with van der Waals surface area (Å²) < 4.78 is 7.26. The van der Waals surface area contributed by atoms with Crippen molar-refractivity contribution in [2.45, 2.75) is 19.9 Å². The molecule has 0 aliphatic heterocycles. The van der Waals surface area contributed by atoms with Crippen LogP contribution in [-0.4, -0.2) is 41.2 Å². The van der Waals surface area contributed by atoms with Crippen LogP contribution in [0, 0.1) is 6.92 Å². The Labute approximate surface area is 213 Å². The van der Waals surface area contributed by atoms with Crippen LogP contribution < -0.4 is 21.9 Å². The summed E-state index contributed by atoms with van der Waals surface area (Å²) in [5.41, 5.74) is 1.94. The van der Waals surface area contributed by atoms with E-state index in [0.29, 0.717) is 35.4 Å². The molecule has 9 heteroatoms. The number of methoxy groups -OCH3 is 1. The molecular weight excluding hydrogens is 472 g/mol. The van der Waals surface area contributed by atoms with Crippen LogP contribution in [0.2, 0.25) is 0 Å². The highest BCUT2D eigenvalue weighted by Crippen LogP contribution is 2.13. The van der Waals surface area contributed by atoms with Crippen molar-refractivity contribution in [2.24, 2.45) is 0 Å². The van der Waals surface area contributed by atoms with Gasteiger partial charge in [-0.2, -0.15) is 0 Å². The summed E-state index contributed by atoms with van der Waals surface area (Å²) in [6, 6.07) is 20.7. The summed E-state index contributed by atoms with van der Waals surface area (Å²) in [7, 11) is 1.56. The van der Waals surface area contributed by atoms with Crippen molar-refractivity contribution in [1.82, 2.24) is 14.5 Å². The summed E-state index contributed by atoms with van der Waals surface area (Å²) in [6.07, 6.45) is 0.153. The number of fused-ring (bicyclic) bond motifs is 1. The number of aromatic nitrogens is 2. The van der Waals surface area contributed by atoms with Crippen molar-refractivity contribution in [1.29, 1.82) is 0 Å². The quantitative estimate of drug-likeness (QED) is 0.343. The van der Waals surface area contributed by atoms with Crippen molar-refractivity contribution < 1.29 is 14.3 Å². The summed E-state index contributed by atoms with van der Waals surface area (Å²) in [4.78, 5) is 51.8. The van der Waals surface area contributed by atoms with Crippen LogP contribution in [0.3, 0.4) is 0 Å². The Morgan fingerprint density at radius 3 is 2.41 bits per heavy atom. The average Bonchev–Trinajstić information content (AvgIpc) is 2.88. The third-order valence-electron chi connectivity index (χ3n) is 5.84. The molecule has 0 atom stereocenters. The van der Waals surface area contributed by atoms with E-state index in [0.717, 1.165) is 15.7 Å². The Bertz CT molecular complexity index is 1550. The number of nitrogens with one attached hydrogen (secondary N) is 2. The highest BCUT2D eigenvalue weighted by molar-refractivity contribution is 5.91. The van der Waals surface area contributed by atoms with E-state index in [-0.39, 0.29) is 18.9 Å². The van der Waals surface area contributed by atoms with Gasteiger partial charge in [0, 0.05) is 19.3 Å². The van der Waals surface area contributed by atoms with Gasteiger partial charge in [0.25, 0.3) is 5.56 Å². The molecule has 4 rings (SSSR count). The maximum atomic E-state index is 13.5. The predicted molar refractivity (Wildman–Crippen MR) is 142 cm³/mol. The maximum absolute atomic E-state index is 13.5. The van der Waals surface area contributed by atoms with Gasteiger partial charge in [-0.3, -0.25) is 19.0 Å². The van der Waals surface area contributed by atoms with E-state index in [9.17, 15) is 19.2 Å². The van der Waals surface area contributed by atoms with Gasteiger partial charge in [-0.05, 0) is 54.4 Å². The Kier molecular flexibility index (Phi) is 7.95. The molecule has 37 heavy (non-hydrogen) atoms. The van der Waals surface area contributed by atoms with Crippen molar-refractivity contribution in [3.05, 3.63) is 105 Å². The largest absolute Gasteiger partial charge is 0.383 e. The van der Waals surface area contributed by atoms with Gasteiger partial charge in [0.15, 0.2) is 0 Å². The zero-order valence-electron chi connectivity index (χ0n) is 20.7. The Hall–Kier alpha value is -4.50. The van der Waals surface area contributed by atoms with Crippen LogP contribution in [0.15, 0.2) is 82.4 Å². The first-order valence-electron chi connectivity index (χ1n) is 11.8. The summed E-state index contributed by atoms with van der Waals surface area (Å²) in [5, 5.41) is 5.87. The van der Waals surface area contributed by atoms with Gasteiger partial charge in [0.2, 0.25) is 11.8 Å². The molecule has 190 valence electrons. The monoisotopic (exact) mass is 500 g/mol. The Morgan fingerprint density at radius 2 is 1.68 bits per heavy atom. The van der Waals surface area contributed by atoms with Crippen molar-refractivity contribution in [3.63, 3.8) is 0 Å². The number of hydrogen-bond acceptors (Lipinski definition) is 5. The standard InChI is InChI=1S/C28H28N4O5/c1-19-6-5-7-21(16-19)30-26(34)18-31-24-9-4-3-8-23(24)27(35)32(28(31)36)22-12-10-20(11-13-22)17-25(33)29-14-15-37-2/h3-13,16H,14-15,17-18H2,1-2H3,(H,29,33)(H,30,34). The summed E-state index contributed by atoms with van der Waals surface area (Å²) in [6.45, 7) is 2.48. The molecule has 2 N–H and O–H groups in total. The van der Waals surface area contributed by atoms with Gasteiger partial charge in [0.1, 0.15) is 6.54 Å².